The molecule has 0 fully saturated rings. The highest BCUT2D eigenvalue weighted by Gasteiger charge is 2.27. The lowest BCUT2D eigenvalue weighted by atomic mass is 9.94. The van der Waals surface area contributed by atoms with Gasteiger partial charge in [0.15, 0.2) is 0 Å². The van der Waals surface area contributed by atoms with Crippen LogP contribution in [-0.2, 0) is 16.0 Å². The van der Waals surface area contributed by atoms with Gasteiger partial charge in [0.25, 0.3) is 0 Å². The van der Waals surface area contributed by atoms with Gasteiger partial charge in [-0.15, -0.1) is 11.3 Å². The monoisotopic (exact) mass is 271 g/mol. The van der Waals surface area contributed by atoms with Crippen molar-refractivity contribution in [1.29, 1.82) is 0 Å². The van der Waals surface area contributed by atoms with Gasteiger partial charge in [-0.2, -0.15) is 0 Å². The lowest BCUT2D eigenvalue weighted by Gasteiger charge is -2.24. The van der Waals surface area contributed by atoms with Gasteiger partial charge in [-0.25, -0.2) is 5.06 Å². The third-order valence-electron chi connectivity index (χ3n) is 2.94. The molecule has 0 spiro atoms. The van der Waals surface area contributed by atoms with Crippen LogP contribution in [0.25, 0.3) is 0 Å². The largest absolute Gasteiger partial charge is 0.481 e. The molecule has 1 aromatic heterocycles. The smallest absolute Gasteiger partial charge is 0.308 e. The summed E-state index contributed by atoms with van der Waals surface area (Å²) in [6.45, 7) is 1.53. The molecule has 1 heterocycles. The molecule has 1 rings (SSSR count). The van der Waals surface area contributed by atoms with E-state index in [0.29, 0.717) is 17.9 Å². The Hall–Kier alpha value is -1.40. The van der Waals surface area contributed by atoms with E-state index < -0.39 is 17.9 Å². The van der Waals surface area contributed by atoms with Crippen LogP contribution in [-0.4, -0.2) is 33.8 Å². The SMILES string of the molecule is CC(C(CCCc1cccs1)C(=O)O)N(O)C=O. The molecule has 2 atom stereocenters. The van der Waals surface area contributed by atoms with E-state index in [9.17, 15) is 14.8 Å². The summed E-state index contributed by atoms with van der Waals surface area (Å²) in [6.07, 6.45) is 2.20. The van der Waals surface area contributed by atoms with Gasteiger partial charge in [-0.3, -0.25) is 14.8 Å². The second kappa shape index (κ2) is 7.13. The van der Waals surface area contributed by atoms with Gasteiger partial charge >= 0.3 is 5.97 Å². The first-order chi connectivity index (χ1) is 8.56. The summed E-state index contributed by atoms with van der Waals surface area (Å²) in [4.78, 5) is 22.7. The Morgan fingerprint density at radius 3 is 2.83 bits per heavy atom. The molecule has 2 unspecified atom stereocenters. The number of amides is 1. The first-order valence-electron chi connectivity index (χ1n) is 5.74. The zero-order valence-electron chi connectivity index (χ0n) is 10.2. The van der Waals surface area contributed by atoms with Crippen molar-refractivity contribution in [3.63, 3.8) is 0 Å². The number of hydroxylamine groups is 2. The van der Waals surface area contributed by atoms with Gasteiger partial charge in [0, 0.05) is 4.88 Å². The van der Waals surface area contributed by atoms with Crippen LogP contribution in [0.4, 0.5) is 0 Å². The molecule has 2 N–H and O–H groups in total. The van der Waals surface area contributed by atoms with Crippen molar-refractivity contribution < 1.29 is 19.9 Å². The molecular weight excluding hydrogens is 254 g/mol. The van der Waals surface area contributed by atoms with E-state index in [1.807, 2.05) is 17.5 Å². The zero-order valence-corrected chi connectivity index (χ0v) is 11.0. The minimum atomic E-state index is -0.991. The fourth-order valence-corrected chi connectivity index (χ4v) is 2.55. The predicted molar refractivity (Wildman–Crippen MR) is 67.5 cm³/mol. The Morgan fingerprint density at radius 1 is 1.61 bits per heavy atom. The van der Waals surface area contributed by atoms with Crippen molar-refractivity contribution >= 4 is 23.7 Å². The van der Waals surface area contributed by atoms with Crippen molar-refractivity contribution in [2.24, 2.45) is 5.92 Å². The molecule has 0 aromatic carbocycles. The summed E-state index contributed by atoms with van der Waals surface area (Å²) < 4.78 is 0. The Balaban J connectivity index is 2.47. The van der Waals surface area contributed by atoms with E-state index in [0.717, 1.165) is 6.42 Å². The second-order valence-corrected chi connectivity index (χ2v) is 5.17. The fraction of sp³-hybridized carbons (Fsp3) is 0.500. The summed E-state index contributed by atoms with van der Waals surface area (Å²) in [7, 11) is 0. The molecule has 0 aliphatic rings. The summed E-state index contributed by atoms with van der Waals surface area (Å²) in [5.41, 5.74) is 0. The Morgan fingerprint density at radius 2 is 2.33 bits per heavy atom. The molecule has 0 saturated carbocycles. The van der Waals surface area contributed by atoms with Crippen LogP contribution in [0.15, 0.2) is 17.5 Å². The highest BCUT2D eigenvalue weighted by Crippen LogP contribution is 2.19. The number of carboxylic acids is 1. The second-order valence-electron chi connectivity index (χ2n) is 4.14. The summed E-state index contributed by atoms with van der Waals surface area (Å²) in [5.74, 6) is -1.74. The van der Waals surface area contributed by atoms with Crippen molar-refractivity contribution in [1.82, 2.24) is 5.06 Å². The molecule has 0 aliphatic heterocycles. The van der Waals surface area contributed by atoms with Crippen LogP contribution >= 0.6 is 11.3 Å². The lowest BCUT2D eigenvalue weighted by Crippen LogP contribution is -2.39. The van der Waals surface area contributed by atoms with E-state index in [4.69, 9.17) is 5.11 Å². The number of carbonyl (C=O) groups is 2. The zero-order chi connectivity index (χ0) is 13.5. The average molecular weight is 271 g/mol. The van der Waals surface area contributed by atoms with Gasteiger partial charge in [0.1, 0.15) is 0 Å². The maximum Gasteiger partial charge on any atom is 0.308 e. The minimum Gasteiger partial charge on any atom is -0.481 e. The number of carboxylic acid groups (broad SMARTS) is 1. The molecule has 5 nitrogen and oxygen atoms in total. The normalized spacial score (nSPS) is 13.9. The number of carbonyl (C=O) groups excluding carboxylic acids is 1. The molecule has 1 aromatic rings. The van der Waals surface area contributed by atoms with Crippen LogP contribution in [0.5, 0.6) is 0 Å². The Kier molecular flexibility index (Phi) is 5.80. The van der Waals surface area contributed by atoms with Crippen LogP contribution in [0, 0.1) is 5.92 Å². The first-order valence-corrected chi connectivity index (χ1v) is 6.62. The van der Waals surface area contributed by atoms with Crippen LogP contribution in [0.1, 0.15) is 24.6 Å². The molecular formula is C12H17NO4S. The molecule has 6 heteroatoms. The van der Waals surface area contributed by atoms with Crippen molar-refractivity contribution in [2.75, 3.05) is 0 Å². The molecule has 0 saturated heterocycles. The van der Waals surface area contributed by atoms with Gasteiger partial charge in [-0.1, -0.05) is 6.07 Å². The van der Waals surface area contributed by atoms with E-state index >= 15 is 0 Å². The standard InChI is InChI=1S/C12H17NO4S/c1-9(13(17)8-14)11(12(15)16)6-2-4-10-5-3-7-18-10/h3,5,7-9,11,17H,2,4,6H2,1H3,(H,15,16). The number of aliphatic carboxylic acids is 1. The van der Waals surface area contributed by atoms with E-state index in [2.05, 4.69) is 0 Å². The topological polar surface area (TPSA) is 77.8 Å². The Bertz CT molecular complexity index is 379. The van der Waals surface area contributed by atoms with E-state index in [1.54, 1.807) is 11.3 Å². The van der Waals surface area contributed by atoms with Gasteiger partial charge in [0.05, 0.1) is 12.0 Å². The number of thiophene rings is 1. The number of nitrogens with zero attached hydrogens (tertiary/aromatic N) is 1. The summed E-state index contributed by atoms with van der Waals surface area (Å²) in [6, 6.07) is 3.25. The van der Waals surface area contributed by atoms with Crippen LogP contribution < -0.4 is 0 Å². The summed E-state index contributed by atoms with van der Waals surface area (Å²) in [5, 5.41) is 20.7. The van der Waals surface area contributed by atoms with Crippen LogP contribution in [0.2, 0.25) is 0 Å². The van der Waals surface area contributed by atoms with Gasteiger partial charge < -0.3 is 5.11 Å². The minimum absolute atomic E-state index is 0.236. The highest BCUT2D eigenvalue weighted by molar-refractivity contribution is 7.09. The van der Waals surface area contributed by atoms with Crippen molar-refractivity contribution in [3.05, 3.63) is 22.4 Å². The molecule has 0 aliphatic carbocycles. The summed E-state index contributed by atoms with van der Waals surface area (Å²) >= 11 is 1.64. The third-order valence-corrected chi connectivity index (χ3v) is 3.88. The molecule has 18 heavy (non-hydrogen) atoms. The predicted octanol–water partition coefficient (Wildman–Crippen LogP) is 2.01. The molecule has 0 radical (unpaired) electrons. The number of aryl methyl sites for hydroxylation is 1. The third kappa shape index (κ3) is 4.12. The molecule has 100 valence electrons. The Labute approximate surface area is 110 Å². The maximum atomic E-state index is 11.1. The van der Waals surface area contributed by atoms with Gasteiger partial charge in [-0.05, 0) is 37.6 Å². The van der Waals surface area contributed by atoms with Crippen LogP contribution in [0.3, 0.4) is 0 Å². The quantitative estimate of drug-likeness (QED) is 0.431. The maximum absolute atomic E-state index is 11.1. The average Bonchev–Trinajstić information content (AvgIpc) is 2.85. The van der Waals surface area contributed by atoms with E-state index in [-0.39, 0.29) is 6.41 Å². The number of hydrogen-bond acceptors (Lipinski definition) is 4. The fourth-order valence-electron chi connectivity index (χ4n) is 1.80. The highest BCUT2D eigenvalue weighted by atomic mass is 32.1. The number of rotatable bonds is 8. The molecule has 1 amide bonds. The first kappa shape index (κ1) is 14.7. The van der Waals surface area contributed by atoms with Gasteiger partial charge in [0.2, 0.25) is 6.41 Å². The lowest BCUT2D eigenvalue weighted by molar-refractivity contribution is -0.170. The molecule has 0 bridgehead atoms. The van der Waals surface area contributed by atoms with Crippen molar-refractivity contribution in [3.8, 4) is 0 Å². The van der Waals surface area contributed by atoms with Crippen molar-refractivity contribution in [2.45, 2.75) is 32.2 Å². The number of hydrogen-bond donors (Lipinski definition) is 2. The van der Waals surface area contributed by atoms with E-state index in [1.165, 1.54) is 11.8 Å².